The lowest BCUT2D eigenvalue weighted by molar-refractivity contribution is 0.388. The van der Waals surface area contributed by atoms with Crippen LogP contribution in [0.4, 0.5) is 0 Å². The maximum atomic E-state index is 4.63. The van der Waals surface area contributed by atoms with Crippen LogP contribution in [0.3, 0.4) is 0 Å². The van der Waals surface area contributed by atoms with Crippen LogP contribution in [-0.4, -0.2) is 17.6 Å². The Morgan fingerprint density at radius 3 is 2.71 bits per heavy atom. The highest BCUT2D eigenvalue weighted by atomic mass is 32.1. The SMILES string of the molecule is C=CC(C)(CNC1CC1)Cc1nc(C)c(C)s1. The van der Waals surface area contributed by atoms with Gasteiger partial charge in [0, 0.05) is 29.3 Å². The van der Waals surface area contributed by atoms with Crippen LogP contribution in [0.5, 0.6) is 0 Å². The summed E-state index contributed by atoms with van der Waals surface area (Å²) in [5.41, 5.74) is 1.30. The molecule has 0 aromatic carbocycles. The number of hydrogen-bond donors (Lipinski definition) is 1. The van der Waals surface area contributed by atoms with E-state index < -0.39 is 0 Å². The Balaban J connectivity index is 1.98. The third kappa shape index (κ3) is 3.39. The van der Waals surface area contributed by atoms with E-state index in [1.54, 1.807) is 0 Å². The fourth-order valence-corrected chi connectivity index (χ4v) is 2.96. The van der Waals surface area contributed by atoms with Crippen molar-refractivity contribution >= 4 is 11.3 Å². The molecule has 1 saturated carbocycles. The molecule has 1 aliphatic carbocycles. The highest BCUT2D eigenvalue weighted by Gasteiger charge is 2.27. The molecule has 1 aromatic heterocycles. The van der Waals surface area contributed by atoms with Gasteiger partial charge >= 0.3 is 0 Å². The standard InChI is InChI=1S/C14H22N2S/c1-5-14(4,9-15-12-6-7-12)8-13-16-10(2)11(3)17-13/h5,12,15H,1,6-9H2,2-4H3. The van der Waals surface area contributed by atoms with Crippen molar-refractivity contribution in [2.24, 2.45) is 5.41 Å². The maximum Gasteiger partial charge on any atom is 0.0939 e. The Bertz CT molecular complexity index is 387. The molecule has 0 saturated heterocycles. The molecule has 3 heteroatoms. The van der Waals surface area contributed by atoms with Gasteiger partial charge < -0.3 is 5.32 Å². The zero-order valence-corrected chi connectivity index (χ0v) is 11.9. The van der Waals surface area contributed by atoms with Crippen molar-refractivity contribution in [1.82, 2.24) is 10.3 Å². The molecule has 1 aliphatic rings. The maximum absolute atomic E-state index is 4.63. The molecule has 2 nitrogen and oxygen atoms in total. The largest absolute Gasteiger partial charge is 0.313 e. The number of thiazole rings is 1. The van der Waals surface area contributed by atoms with Crippen LogP contribution < -0.4 is 5.32 Å². The van der Waals surface area contributed by atoms with Gasteiger partial charge in [0.1, 0.15) is 0 Å². The van der Waals surface area contributed by atoms with Crippen LogP contribution >= 0.6 is 11.3 Å². The summed E-state index contributed by atoms with van der Waals surface area (Å²) in [4.78, 5) is 5.96. The fraction of sp³-hybridized carbons (Fsp3) is 0.643. The first kappa shape index (κ1) is 12.8. The Labute approximate surface area is 108 Å². The molecule has 1 atom stereocenters. The van der Waals surface area contributed by atoms with Gasteiger partial charge in [-0.3, -0.25) is 0 Å². The third-order valence-electron chi connectivity index (χ3n) is 3.49. The predicted molar refractivity (Wildman–Crippen MR) is 74.6 cm³/mol. The fourth-order valence-electron chi connectivity index (χ4n) is 1.83. The Morgan fingerprint density at radius 1 is 1.53 bits per heavy atom. The third-order valence-corrected chi connectivity index (χ3v) is 4.57. The smallest absolute Gasteiger partial charge is 0.0939 e. The number of aromatic nitrogens is 1. The minimum Gasteiger partial charge on any atom is -0.313 e. The van der Waals surface area contributed by atoms with Crippen molar-refractivity contribution in [3.8, 4) is 0 Å². The lowest BCUT2D eigenvalue weighted by Crippen LogP contribution is -2.33. The summed E-state index contributed by atoms with van der Waals surface area (Å²) in [5, 5.41) is 4.83. The predicted octanol–water partition coefficient (Wildman–Crippen LogP) is 3.25. The summed E-state index contributed by atoms with van der Waals surface area (Å²) in [6.45, 7) is 11.5. The Morgan fingerprint density at radius 2 is 2.24 bits per heavy atom. The number of nitrogens with zero attached hydrogens (tertiary/aromatic N) is 1. The van der Waals surface area contributed by atoms with Gasteiger partial charge in [-0.15, -0.1) is 17.9 Å². The second-order valence-corrected chi connectivity index (χ2v) is 6.73. The number of rotatable bonds is 6. The Hall–Kier alpha value is -0.670. The average molecular weight is 250 g/mol. The van der Waals surface area contributed by atoms with E-state index in [4.69, 9.17) is 0 Å². The quantitative estimate of drug-likeness (QED) is 0.784. The second-order valence-electron chi connectivity index (χ2n) is 5.44. The first-order chi connectivity index (χ1) is 8.02. The van der Waals surface area contributed by atoms with Crippen molar-refractivity contribution in [2.75, 3.05) is 6.54 Å². The summed E-state index contributed by atoms with van der Waals surface area (Å²) < 4.78 is 0. The van der Waals surface area contributed by atoms with Gasteiger partial charge in [0.25, 0.3) is 0 Å². The summed E-state index contributed by atoms with van der Waals surface area (Å²) in [6.07, 6.45) is 5.75. The molecule has 0 radical (unpaired) electrons. The van der Waals surface area contributed by atoms with E-state index >= 15 is 0 Å². The van der Waals surface area contributed by atoms with Crippen molar-refractivity contribution in [2.45, 2.75) is 46.1 Å². The zero-order chi connectivity index (χ0) is 12.5. The first-order valence-electron chi connectivity index (χ1n) is 6.32. The lowest BCUT2D eigenvalue weighted by Gasteiger charge is -2.25. The van der Waals surface area contributed by atoms with E-state index in [-0.39, 0.29) is 5.41 Å². The molecule has 1 unspecified atom stereocenters. The molecule has 0 bridgehead atoms. The van der Waals surface area contributed by atoms with E-state index in [2.05, 4.69) is 43.7 Å². The van der Waals surface area contributed by atoms with Crippen LogP contribution in [0, 0.1) is 19.3 Å². The van der Waals surface area contributed by atoms with Crippen molar-refractivity contribution in [1.29, 1.82) is 0 Å². The van der Waals surface area contributed by atoms with Gasteiger partial charge in [0.15, 0.2) is 0 Å². The molecule has 1 N–H and O–H groups in total. The zero-order valence-electron chi connectivity index (χ0n) is 11.0. The molecule has 0 aliphatic heterocycles. The normalized spacial score (nSPS) is 19.0. The molecule has 0 amide bonds. The van der Waals surface area contributed by atoms with E-state index in [1.165, 1.54) is 28.4 Å². The highest BCUT2D eigenvalue weighted by Crippen LogP contribution is 2.28. The number of aryl methyl sites for hydroxylation is 2. The van der Waals surface area contributed by atoms with Crippen LogP contribution in [0.15, 0.2) is 12.7 Å². The van der Waals surface area contributed by atoms with E-state index in [0.29, 0.717) is 0 Å². The molecular formula is C14H22N2S. The van der Waals surface area contributed by atoms with Gasteiger partial charge in [-0.05, 0) is 26.7 Å². The first-order valence-corrected chi connectivity index (χ1v) is 7.14. The van der Waals surface area contributed by atoms with Gasteiger partial charge in [-0.2, -0.15) is 0 Å². The second kappa shape index (κ2) is 4.91. The van der Waals surface area contributed by atoms with Crippen molar-refractivity contribution in [3.63, 3.8) is 0 Å². The summed E-state index contributed by atoms with van der Waals surface area (Å²) in [5.74, 6) is 0. The van der Waals surface area contributed by atoms with Gasteiger partial charge in [0.05, 0.1) is 10.7 Å². The average Bonchev–Trinajstić information content (AvgIpc) is 3.05. The van der Waals surface area contributed by atoms with Gasteiger partial charge in [0.2, 0.25) is 0 Å². The van der Waals surface area contributed by atoms with E-state index in [1.807, 2.05) is 11.3 Å². The highest BCUT2D eigenvalue weighted by molar-refractivity contribution is 7.11. The van der Waals surface area contributed by atoms with Gasteiger partial charge in [-0.1, -0.05) is 13.0 Å². The van der Waals surface area contributed by atoms with E-state index in [9.17, 15) is 0 Å². The molecule has 1 aromatic rings. The minimum atomic E-state index is 0.124. The molecule has 2 rings (SSSR count). The van der Waals surface area contributed by atoms with Crippen LogP contribution in [0.1, 0.15) is 35.3 Å². The number of nitrogens with one attached hydrogen (secondary N) is 1. The van der Waals surface area contributed by atoms with Crippen molar-refractivity contribution < 1.29 is 0 Å². The minimum absolute atomic E-state index is 0.124. The summed E-state index contributed by atoms with van der Waals surface area (Å²) in [6, 6.07) is 0.758. The monoisotopic (exact) mass is 250 g/mol. The summed E-state index contributed by atoms with van der Waals surface area (Å²) in [7, 11) is 0. The van der Waals surface area contributed by atoms with E-state index in [0.717, 1.165) is 19.0 Å². The molecular weight excluding hydrogens is 228 g/mol. The molecule has 1 fully saturated rings. The lowest BCUT2D eigenvalue weighted by atomic mass is 9.87. The molecule has 1 heterocycles. The van der Waals surface area contributed by atoms with Gasteiger partial charge in [-0.25, -0.2) is 4.98 Å². The number of hydrogen-bond acceptors (Lipinski definition) is 3. The Kier molecular flexibility index (Phi) is 3.69. The summed E-state index contributed by atoms with van der Waals surface area (Å²) >= 11 is 1.82. The van der Waals surface area contributed by atoms with Crippen LogP contribution in [-0.2, 0) is 6.42 Å². The molecule has 17 heavy (non-hydrogen) atoms. The molecule has 0 spiro atoms. The van der Waals surface area contributed by atoms with Crippen molar-refractivity contribution in [3.05, 3.63) is 28.2 Å². The molecule has 94 valence electrons. The van der Waals surface area contributed by atoms with Crippen LogP contribution in [0.25, 0.3) is 0 Å². The van der Waals surface area contributed by atoms with Crippen LogP contribution in [0.2, 0.25) is 0 Å². The topological polar surface area (TPSA) is 24.9 Å².